The number of nitrogens with two attached hydrogens (primary N) is 1. The van der Waals surface area contributed by atoms with Crippen molar-refractivity contribution >= 4 is 38.4 Å². The molecule has 41 heavy (non-hydrogen) atoms. The van der Waals surface area contributed by atoms with Gasteiger partial charge in [0.05, 0.1) is 26.7 Å². The maximum Gasteiger partial charge on any atom is 0.355 e. The summed E-state index contributed by atoms with van der Waals surface area (Å²) in [5.74, 6) is 0.730. The molecule has 0 atom stereocenters. The largest absolute Gasteiger partial charge is 0.495 e. The lowest BCUT2D eigenvalue weighted by Gasteiger charge is -2.20. The highest BCUT2D eigenvalue weighted by Gasteiger charge is 2.27. The standard InChI is InChI=1S/C31H26BrN3O6/c1-38-25-13-19(14-26(39-2)28(25)32)27-23-11-10-22(41-17-18-5-4-12-34-16-18)15-24(23)30(36)35(29(27)31(37)40-3)21-8-6-20(33)7-9-21/h4-16H,17,33H2,1-3H3. The van der Waals surface area contributed by atoms with Crippen LogP contribution in [0.3, 0.4) is 0 Å². The number of carbonyl (C=O) groups is 1. The van der Waals surface area contributed by atoms with Gasteiger partial charge in [0, 0.05) is 34.9 Å². The Morgan fingerprint density at radius 3 is 2.27 bits per heavy atom. The molecule has 9 nitrogen and oxygen atoms in total. The number of halogens is 1. The summed E-state index contributed by atoms with van der Waals surface area (Å²) in [6.45, 7) is 0.264. The molecule has 0 aliphatic heterocycles. The maximum atomic E-state index is 14.2. The Balaban J connectivity index is 1.84. The molecule has 0 bridgehead atoms. The van der Waals surface area contributed by atoms with E-state index >= 15 is 0 Å². The summed E-state index contributed by atoms with van der Waals surface area (Å²) in [7, 11) is 4.33. The van der Waals surface area contributed by atoms with E-state index in [2.05, 4.69) is 20.9 Å². The Morgan fingerprint density at radius 1 is 0.951 bits per heavy atom. The molecule has 0 saturated carbocycles. The van der Waals surface area contributed by atoms with Crippen molar-refractivity contribution in [3.05, 3.63) is 105 Å². The zero-order chi connectivity index (χ0) is 29.1. The van der Waals surface area contributed by atoms with Crippen LogP contribution in [-0.2, 0) is 11.3 Å². The first-order chi connectivity index (χ1) is 19.9. The number of ether oxygens (including phenoxy) is 4. The zero-order valence-electron chi connectivity index (χ0n) is 22.5. The molecule has 0 fully saturated rings. The lowest BCUT2D eigenvalue weighted by atomic mass is 9.95. The minimum Gasteiger partial charge on any atom is -0.495 e. The second kappa shape index (κ2) is 11.7. The van der Waals surface area contributed by atoms with Gasteiger partial charge >= 0.3 is 5.97 Å². The summed E-state index contributed by atoms with van der Waals surface area (Å²) in [6, 6.07) is 19.1. The molecule has 0 amide bonds. The van der Waals surface area contributed by atoms with Crippen LogP contribution in [0, 0.1) is 0 Å². The molecule has 2 N–H and O–H groups in total. The molecule has 0 aliphatic carbocycles. The SMILES string of the molecule is COC(=O)c1c(-c2cc(OC)c(Br)c(OC)c2)c2ccc(OCc3cccnc3)cc2c(=O)n1-c1ccc(N)cc1. The predicted octanol–water partition coefficient (Wildman–Crippen LogP) is 5.78. The zero-order valence-corrected chi connectivity index (χ0v) is 24.1. The molecule has 0 saturated heterocycles. The van der Waals surface area contributed by atoms with Crippen LogP contribution in [0.15, 0.2) is 88.4 Å². The Kier molecular flexibility index (Phi) is 7.93. The van der Waals surface area contributed by atoms with Gasteiger partial charge in [-0.05, 0) is 87.5 Å². The summed E-state index contributed by atoms with van der Waals surface area (Å²) in [4.78, 5) is 31.7. The summed E-state index contributed by atoms with van der Waals surface area (Å²) in [5.41, 5.74) is 8.37. The van der Waals surface area contributed by atoms with Crippen LogP contribution < -0.4 is 25.5 Å². The fourth-order valence-corrected chi connectivity index (χ4v) is 5.14. The number of esters is 1. The topological polar surface area (TPSA) is 115 Å². The third kappa shape index (κ3) is 5.33. The van der Waals surface area contributed by atoms with Gasteiger partial charge in [0.1, 0.15) is 34.0 Å². The lowest BCUT2D eigenvalue weighted by Crippen LogP contribution is -2.27. The van der Waals surface area contributed by atoms with Crippen molar-refractivity contribution < 1.29 is 23.7 Å². The van der Waals surface area contributed by atoms with Gasteiger partial charge in [-0.1, -0.05) is 6.07 Å². The Labute approximate surface area is 244 Å². The monoisotopic (exact) mass is 615 g/mol. The maximum absolute atomic E-state index is 14.2. The van der Waals surface area contributed by atoms with Crippen LogP contribution in [0.2, 0.25) is 0 Å². The minimum absolute atomic E-state index is 0.0326. The Bertz CT molecular complexity index is 1780. The molecule has 0 unspecified atom stereocenters. The quantitative estimate of drug-likeness (QED) is 0.172. The fraction of sp³-hybridized carbons (Fsp3) is 0.129. The summed E-state index contributed by atoms with van der Waals surface area (Å²) in [5, 5.41) is 0.844. The smallest absolute Gasteiger partial charge is 0.355 e. The predicted molar refractivity (Wildman–Crippen MR) is 160 cm³/mol. The van der Waals surface area contributed by atoms with Crippen molar-refractivity contribution in [1.82, 2.24) is 9.55 Å². The molecule has 3 aromatic carbocycles. The minimum atomic E-state index is -0.700. The number of hydrogen-bond acceptors (Lipinski definition) is 8. The van der Waals surface area contributed by atoms with Gasteiger partial charge in [0.25, 0.3) is 5.56 Å². The number of methoxy groups -OCH3 is 3. The van der Waals surface area contributed by atoms with E-state index in [0.717, 1.165) is 5.56 Å². The van der Waals surface area contributed by atoms with Crippen molar-refractivity contribution in [1.29, 1.82) is 0 Å². The first-order valence-corrected chi connectivity index (χ1v) is 13.3. The highest BCUT2D eigenvalue weighted by molar-refractivity contribution is 9.10. The molecule has 5 rings (SSSR count). The third-order valence-electron chi connectivity index (χ3n) is 6.55. The number of fused-ring (bicyclic) bond motifs is 1. The van der Waals surface area contributed by atoms with E-state index in [4.69, 9.17) is 24.7 Å². The molecule has 10 heteroatoms. The van der Waals surface area contributed by atoms with Crippen molar-refractivity contribution in [3.8, 4) is 34.1 Å². The van der Waals surface area contributed by atoms with Crippen LogP contribution in [0.1, 0.15) is 16.1 Å². The van der Waals surface area contributed by atoms with E-state index in [1.807, 2.05) is 12.1 Å². The van der Waals surface area contributed by atoms with Gasteiger partial charge in [-0.3, -0.25) is 14.3 Å². The van der Waals surface area contributed by atoms with Gasteiger partial charge in [-0.25, -0.2) is 4.79 Å². The molecule has 208 valence electrons. The second-order valence-corrected chi connectivity index (χ2v) is 9.79. The number of pyridine rings is 2. The Morgan fingerprint density at radius 2 is 1.66 bits per heavy atom. The molecule has 2 aromatic heterocycles. The molecule has 0 spiro atoms. The fourth-order valence-electron chi connectivity index (χ4n) is 4.59. The van der Waals surface area contributed by atoms with E-state index < -0.39 is 11.5 Å². The van der Waals surface area contributed by atoms with E-state index in [9.17, 15) is 9.59 Å². The van der Waals surface area contributed by atoms with Crippen molar-refractivity contribution in [2.24, 2.45) is 0 Å². The molecule has 0 aliphatic rings. The number of nitrogens with zero attached hydrogens (tertiary/aromatic N) is 2. The summed E-state index contributed by atoms with van der Waals surface area (Å²) >= 11 is 3.51. The van der Waals surface area contributed by atoms with Gasteiger partial charge in [-0.15, -0.1) is 0 Å². The second-order valence-electron chi connectivity index (χ2n) is 9.00. The number of nitrogen functional groups attached to an aromatic ring is 1. The molecule has 0 radical (unpaired) electrons. The Hall–Kier alpha value is -4.83. The van der Waals surface area contributed by atoms with E-state index in [1.165, 1.54) is 25.9 Å². The number of rotatable bonds is 8. The number of anilines is 1. The average molecular weight is 616 g/mol. The van der Waals surface area contributed by atoms with Crippen LogP contribution in [0.4, 0.5) is 5.69 Å². The van der Waals surface area contributed by atoms with Crippen LogP contribution in [0.5, 0.6) is 17.2 Å². The average Bonchev–Trinajstić information content (AvgIpc) is 3.01. The highest BCUT2D eigenvalue weighted by Crippen LogP contribution is 2.42. The molecular weight excluding hydrogens is 590 g/mol. The van der Waals surface area contributed by atoms with Crippen molar-refractivity contribution in [3.63, 3.8) is 0 Å². The molecule has 5 aromatic rings. The number of hydrogen-bond donors (Lipinski definition) is 1. The third-order valence-corrected chi connectivity index (χ3v) is 7.33. The van der Waals surface area contributed by atoms with E-state index in [-0.39, 0.29) is 12.3 Å². The van der Waals surface area contributed by atoms with Crippen LogP contribution >= 0.6 is 15.9 Å². The lowest BCUT2D eigenvalue weighted by molar-refractivity contribution is 0.0591. The van der Waals surface area contributed by atoms with Crippen molar-refractivity contribution in [2.75, 3.05) is 27.1 Å². The van der Waals surface area contributed by atoms with Gasteiger partial charge in [-0.2, -0.15) is 0 Å². The number of aromatic nitrogens is 2. The summed E-state index contributed by atoms with van der Waals surface area (Å²) in [6.07, 6.45) is 3.40. The molecule has 2 heterocycles. The van der Waals surface area contributed by atoms with Crippen LogP contribution in [0.25, 0.3) is 27.6 Å². The summed E-state index contributed by atoms with van der Waals surface area (Å²) < 4.78 is 24.3. The van der Waals surface area contributed by atoms with E-state index in [1.54, 1.807) is 67.0 Å². The van der Waals surface area contributed by atoms with Gasteiger partial charge in [0.15, 0.2) is 0 Å². The van der Waals surface area contributed by atoms with Crippen LogP contribution in [-0.4, -0.2) is 36.8 Å². The normalized spacial score (nSPS) is 10.8. The van der Waals surface area contributed by atoms with Gasteiger partial charge in [0.2, 0.25) is 0 Å². The number of carbonyl (C=O) groups excluding carboxylic acids is 1. The highest BCUT2D eigenvalue weighted by atomic mass is 79.9. The van der Waals surface area contributed by atoms with Gasteiger partial charge < -0.3 is 24.7 Å². The first-order valence-electron chi connectivity index (χ1n) is 12.5. The first kappa shape index (κ1) is 27.7. The van der Waals surface area contributed by atoms with Crippen molar-refractivity contribution in [2.45, 2.75) is 6.61 Å². The number of benzene rings is 3. The van der Waals surface area contributed by atoms with E-state index in [0.29, 0.717) is 55.0 Å². The molecular formula is C31H26BrN3O6.